The monoisotopic (exact) mass is 462 g/mol. The summed E-state index contributed by atoms with van der Waals surface area (Å²) in [5, 5.41) is 59.5. The van der Waals surface area contributed by atoms with Crippen molar-refractivity contribution in [2.24, 2.45) is 0 Å². The van der Waals surface area contributed by atoms with Gasteiger partial charge in [-0.25, -0.2) is 0 Å². The van der Waals surface area contributed by atoms with Crippen LogP contribution in [0.1, 0.15) is 0 Å². The number of aliphatic hydroxyl groups excluding tert-OH is 4. The number of benzene rings is 2. The Morgan fingerprint density at radius 1 is 0.970 bits per heavy atom. The zero-order chi connectivity index (χ0) is 23.9. The third-order valence-corrected chi connectivity index (χ3v) is 5.34. The van der Waals surface area contributed by atoms with E-state index in [0.717, 1.165) is 0 Å². The Hall–Kier alpha value is -3.35. The van der Waals surface area contributed by atoms with E-state index in [0.29, 0.717) is 5.56 Å². The minimum Gasteiger partial charge on any atom is -0.508 e. The van der Waals surface area contributed by atoms with Gasteiger partial charge in [0.1, 0.15) is 52.6 Å². The molecule has 6 N–H and O–H groups in total. The maximum absolute atomic E-state index is 12.7. The Kier molecular flexibility index (Phi) is 6.15. The summed E-state index contributed by atoms with van der Waals surface area (Å²) >= 11 is 0. The van der Waals surface area contributed by atoms with Gasteiger partial charge in [0.15, 0.2) is 16.9 Å². The predicted molar refractivity (Wildman–Crippen MR) is 112 cm³/mol. The van der Waals surface area contributed by atoms with Crippen molar-refractivity contribution in [1.82, 2.24) is 0 Å². The van der Waals surface area contributed by atoms with E-state index in [1.165, 1.54) is 43.5 Å². The quantitative estimate of drug-likeness (QED) is 0.302. The minimum atomic E-state index is -1.68. The van der Waals surface area contributed by atoms with E-state index < -0.39 is 42.7 Å². The summed E-state index contributed by atoms with van der Waals surface area (Å²) < 4.78 is 21.7. The second kappa shape index (κ2) is 8.89. The average molecular weight is 462 g/mol. The van der Waals surface area contributed by atoms with Gasteiger partial charge >= 0.3 is 0 Å². The molecular weight excluding hydrogens is 440 g/mol. The lowest BCUT2D eigenvalue weighted by molar-refractivity contribution is -0.277. The number of ether oxygens (including phenoxy) is 3. The van der Waals surface area contributed by atoms with Crippen molar-refractivity contribution in [2.75, 3.05) is 13.7 Å². The highest BCUT2D eigenvalue weighted by Crippen LogP contribution is 2.36. The zero-order valence-corrected chi connectivity index (χ0v) is 17.3. The summed E-state index contributed by atoms with van der Waals surface area (Å²) in [7, 11) is 1.35. The van der Waals surface area contributed by atoms with Crippen LogP contribution in [0.4, 0.5) is 0 Å². The molecule has 0 aliphatic carbocycles. The molecule has 11 nitrogen and oxygen atoms in total. The molecule has 4 rings (SSSR count). The van der Waals surface area contributed by atoms with Crippen LogP contribution in [0.3, 0.4) is 0 Å². The summed E-state index contributed by atoms with van der Waals surface area (Å²) in [5.74, 6) is -0.482. The first-order valence-electron chi connectivity index (χ1n) is 9.89. The molecule has 11 heteroatoms. The number of aromatic hydroxyl groups is 2. The fourth-order valence-electron chi connectivity index (χ4n) is 3.59. The highest BCUT2D eigenvalue weighted by atomic mass is 16.7. The Bertz CT molecular complexity index is 1220. The second-order valence-corrected chi connectivity index (χ2v) is 7.49. The Morgan fingerprint density at radius 3 is 2.42 bits per heavy atom. The molecule has 1 aliphatic heterocycles. The molecule has 1 aliphatic rings. The first-order valence-corrected chi connectivity index (χ1v) is 9.89. The van der Waals surface area contributed by atoms with Crippen molar-refractivity contribution in [1.29, 1.82) is 0 Å². The number of phenols is 2. The van der Waals surface area contributed by atoms with E-state index in [2.05, 4.69) is 0 Å². The van der Waals surface area contributed by atoms with E-state index in [9.17, 15) is 35.4 Å². The molecule has 3 aromatic rings. The van der Waals surface area contributed by atoms with Crippen LogP contribution < -0.4 is 14.9 Å². The molecule has 0 saturated carbocycles. The molecule has 0 radical (unpaired) electrons. The zero-order valence-electron chi connectivity index (χ0n) is 17.3. The topological polar surface area (TPSA) is 179 Å². The lowest BCUT2D eigenvalue weighted by Crippen LogP contribution is -2.60. The van der Waals surface area contributed by atoms with Crippen LogP contribution >= 0.6 is 0 Å². The molecule has 0 amide bonds. The number of hydrogen-bond donors (Lipinski definition) is 6. The largest absolute Gasteiger partial charge is 0.508 e. The van der Waals surface area contributed by atoms with Crippen LogP contribution in [-0.4, -0.2) is 75.1 Å². The molecule has 0 spiro atoms. The summed E-state index contributed by atoms with van der Waals surface area (Å²) in [4.78, 5) is 12.7. The van der Waals surface area contributed by atoms with Gasteiger partial charge in [-0.1, -0.05) is 0 Å². The van der Waals surface area contributed by atoms with Crippen LogP contribution in [0.2, 0.25) is 0 Å². The first kappa shape index (κ1) is 22.8. The fraction of sp³-hybridized carbons (Fsp3) is 0.318. The van der Waals surface area contributed by atoms with Gasteiger partial charge in [-0.3, -0.25) is 4.79 Å². The maximum Gasteiger partial charge on any atom is 0.229 e. The lowest BCUT2D eigenvalue weighted by Gasteiger charge is -2.39. The van der Waals surface area contributed by atoms with E-state index in [4.69, 9.17) is 18.6 Å². The lowest BCUT2D eigenvalue weighted by atomic mass is 9.99. The molecule has 33 heavy (non-hydrogen) atoms. The standard InChI is InChI=1S/C22H22O11/c1-30-15-5-10(24)6-16-18(15)12(26)7-13(31-16)9-2-3-11(25)14(4-9)32-22-21(29)20(28)19(27)17(8-23)33-22/h2-7,17,19-25,27-29H,8H2,1H3. The maximum atomic E-state index is 12.7. The average Bonchev–Trinajstić information content (AvgIpc) is 2.79. The predicted octanol–water partition coefficient (Wildman–Crippen LogP) is 0.0585. The van der Waals surface area contributed by atoms with E-state index in [1.807, 2.05) is 0 Å². The molecule has 1 saturated heterocycles. The Labute approximate surface area is 186 Å². The molecule has 176 valence electrons. The van der Waals surface area contributed by atoms with Gasteiger partial charge in [-0.2, -0.15) is 0 Å². The van der Waals surface area contributed by atoms with E-state index in [-0.39, 0.29) is 39.7 Å². The van der Waals surface area contributed by atoms with Crippen LogP contribution in [0, 0.1) is 0 Å². The first-order chi connectivity index (χ1) is 15.7. The molecule has 2 aromatic carbocycles. The van der Waals surface area contributed by atoms with Gasteiger partial charge in [0.2, 0.25) is 6.29 Å². The molecule has 0 bridgehead atoms. The number of aliphatic hydroxyl groups is 4. The van der Waals surface area contributed by atoms with Crippen LogP contribution in [0.25, 0.3) is 22.3 Å². The smallest absolute Gasteiger partial charge is 0.229 e. The van der Waals surface area contributed by atoms with Crippen molar-refractivity contribution in [3.8, 4) is 34.3 Å². The van der Waals surface area contributed by atoms with Crippen molar-refractivity contribution in [3.63, 3.8) is 0 Å². The molecular formula is C22H22O11. The van der Waals surface area contributed by atoms with Crippen molar-refractivity contribution < 1.29 is 49.3 Å². The van der Waals surface area contributed by atoms with Crippen LogP contribution in [-0.2, 0) is 4.74 Å². The SMILES string of the molecule is COc1cc(O)cc2oc(-c3ccc(O)c(OC4OC(CO)C(O)C(O)C4O)c3)cc(=O)c12. The number of fused-ring (bicyclic) bond motifs is 1. The third kappa shape index (κ3) is 4.19. The normalized spacial score (nSPS) is 25.2. The van der Waals surface area contributed by atoms with Crippen LogP contribution in [0.5, 0.6) is 23.0 Å². The van der Waals surface area contributed by atoms with Crippen LogP contribution in [0.15, 0.2) is 45.6 Å². The molecule has 2 heterocycles. The van der Waals surface area contributed by atoms with Gasteiger partial charge in [0.05, 0.1) is 13.7 Å². The number of rotatable bonds is 5. The van der Waals surface area contributed by atoms with Gasteiger partial charge in [0, 0.05) is 23.8 Å². The van der Waals surface area contributed by atoms with Gasteiger partial charge in [-0.15, -0.1) is 0 Å². The molecule has 5 unspecified atom stereocenters. The molecule has 1 aromatic heterocycles. The highest BCUT2D eigenvalue weighted by molar-refractivity contribution is 5.86. The Balaban J connectivity index is 1.71. The minimum absolute atomic E-state index is 0.0684. The summed E-state index contributed by atoms with van der Waals surface area (Å²) in [5.41, 5.74) is -0.0693. The summed E-state index contributed by atoms with van der Waals surface area (Å²) in [6.45, 7) is -0.643. The Morgan fingerprint density at radius 2 is 1.73 bits per heavy atom. The fourth-order valence-corrected chi connectivity index (χ4v) is 3.59. The second-order valence-electron chi connectivity index (χ2n) is 7.49. The van der Waals surface area contributed by atoms with Gasteiger partial charge in [0.25, 0.3) is 0 Å². The van der Waals surface area contributed by atoms with E-state index in [1.54, 1.807) is 0 Å². The number of hydrogen-bond acceptors (Lipinski definition) is 11. The van der Waals surface area contributed by atoms with Gasteiger partial charge in [-0.05, 0) is 18.2 Å². The third-order valence-electron chi connectivity index (χ3n) is 5.34. The molecule has 1 fully saturated rings. The van der Waals surface area contributed by atoms with E-state index >= 15 is 0 Å². The van der Waals surface area contributed by atoms with Crippen molar-refractivity contribution in [3.05, 3.63) is 46.6 Å². The summed E-state index contributed by atoms with van der Waals surface area (Å²) in [6, 6.07) is 7.74. The highest BCUT2D eigenvalue weighted by Gasteiger charge is 2.45. The number of phenolic OH excluding ortho intramolecular Hbond substituents is 2. The summed E-state index contributed by atoms with van der Waals surface area (Å²) in [6.07, 6.45) is -7.62. The van der Waals surface area contributed by atoms with Gasteiger partial charge < -0.3 is 49.3 Å². The molecule has 5 atom stereocenters. The number of methoxy groups -OCH3 is 1. The van der Waals surface area contributed by atoms with Crippen molar-refractivity contribution in [2.45, 2.75) is 30.7 Å². The van der Waals surface area contributed by atoms with Crippen molar-refractivity contribution >= 4 is 11.0 Å².